The summed E-state index contributed by atoms with van der Waals surface area (Å²) in [5.41, 5.74) is 7.60. The van der Waals surface area contributed by atoms with Crippen LogP contribution < -0.4 is 10.5 Å². The van der Waals surface area contributed by atoms with E-state index in [9.17, 15) is 9.00 Å². The number of amides is 1. The summed E-state index contributed by atoms with van der Waals surface area (Å²) in [5, 5.41) is 10.8. The van der Waals surface area contributed by atoms with Crippen molar-refractivity contribution >= 4 is 26.7 Å². The van der Waals surface area contributed by atoms with E-state index in [1.54, 1.807) is 0 Å². The van der Waals surface area contributed by atoms with Gasteiger partial charge in [-0.25, -0.2) is 4.21 Å². The van der Waals surface area contributed by atoms with Gasteiger partial charge in [-0.15, -0.1) is 0 Å². The Morgan fingerprint density at radius 3 is 2.33 bits per heavy atom. The van der Waals surface area contributed by atoms with E-state index in [1.165, 1.54) is 46.0 Å². The number of benzene rings is 2. The molecule has 1 saturated carbocycles. The predicted molar refractivity (Wildman–Crippen MR) is 136 cm³/mol. The summed E-state index contributed by atoms with van der Waals surface area (Å²) >= 11 is 0. The highest BCUT2D eigenvalue weighted by Crippen LogP contribution is 2.38. The van der Waals surface area contributed by atoms with Gasteiger partial charge in [0.1, 0.15) is 0 Å². The monoisotopic (exact) mass is 465 g/mol. The van der Waals surface area contributed by atoms with Crippen molar-refractivity contribution in [1.29, 1.82) is 0 Å². The molecule has 3 aliphatic carbocycles. The molecule has 3 N–H and O–H groups in total. The molecular formula is C27H35N3O2S. The summed E-state index contributed by atoms with van der Waals surface area (Å²) in [4.78, 5) is 15.7. The molecular weight excluding hydrogens is 430 g/mol. The number of nitrogens with one attached hydrogen (secondary N) is 1. The zero-order valence-electron chi connectivity index (χ0n) is 19.6. The van der Waals surface area contributed by atoms with Crippen molar-refractivity contribution in [3.05, 3.63) is 58.1 Å². The van der Waals surface area contributed by atoms with E-state index >= 15 is 0 Å². The summed E-state index contributed by atoms with van der Waals surface area (Å²) in [5.74, 6) is 0.719. The Hall–Kier alpha value is -2.15. The van der Waals surface area contributed by atoms with E-state index < -0.39 is 9.71 Å². The molecule has 0 spiro atoms. The number of nitrogens with two attached hydrogens (primary N) is 1. The number of carbonyl (C=O) groups is 1. The molecule has 1 unspecified atom stereocenters. The lowest BCUT2D eigenvalue weighted by molar-refractivity contribution is -0.115. The normalized spacial score (nSPS) is 18.6. The summed E-state index contributed by atoms with van der Waals surface area (Å²) in [6.07, 6.45) is 9.27. The van der Waals surface area contributed by atoms with Crippen molar-refractivity contribution in [2.75, 3.05) is 18.9 Å². The topological polar surface area (TPSA) is 75.4 Å². The van der Waals surface area contributed by atoms with Crippen LogP contribution in [0.4, 0.5) is 5.69 Å². The third-order valence-corrected chi connectivity index (χ3v) is 8.94. The molecule has 0 bridgehead atoms. The molecule has 1 atom stereocenters. The maximum absolute atomic E-state index is 13.1. The van der Waals surface area contributed by atoms with Crippen molar-refractivity contribution in [2.24, 2.45) is 11.1 Å². The quantitative estimate of drug-likeness (QED) is 0.582. The summed E-state index contributed by atoms with van der Waals surface area (Å²) in [7, 11) is -0.733. The lowest BCUT2D eigenvalue weighted by Gasteiger charge is -2.17. The largest absolute Gasteiger partial charge is 0.325 e. The van der Waals surface area contributed by atoms with Crippen LogP contribution in [0.1, 0.15) is 59.9 Å². The molecule has 33 heavy (non-hydrogen) atoms. The molecule has 1 amide bonds. The van der Waals surface area contributed by atoms with Gasteiger partial charge in [0.15, 0.2) is 0 Å². The van der Waals surface area contributed by atoms with Crippen LogP contribution in [-0.2, 0) is 46.7 Å². The van der Waals surface area contributed by atoms with Gasteiger partial charge in [0.25, 0.3) is 0 Å². The molecule has 5 rings (SSSR count). The average molecular weight is 466 g/mol. The van der Waals surface area contributed by atoms with E-state index in [0.29, 0.717) is 4.90 Å². The second kappa shape index (κ2) is 9.24. The van der Waals surface area contributed by atoms with Crippen LogP contribution in [0.15, 0.2) is 35.2 Å². The van der Waals surface area contributed by atoms with Gasteiger partial charge in [0.05, 0.1) is 16.1 Å². The number of anilines is 1. The number of hydrogen-bond donors (Lipinski definition) is 2. The van der Waals surface area contributed by atoms with E-state index in [0.717, 1.165) is 63.2 Å². The molecule has 2 aromatic carbocycles. The molecule has 0 heterocycles. The minimum Gasteiger partial charge on any atom is -0.325 e. The Morgan fingerprint density at radius 1 is 1.09 bits per heavy atom. The summed E-state index contributed by atoms with van der Waals surface area (Å²) in [6, 6.07) is 10.0. The smallest absolute Gasteiger partial charge is 0.228 e. The number of hydrogen-bond acceptors (Lipinski definition) is 3. The maximum Gasteiger partial charge on any atom is 0.228 e. The van der Waals surface area contributed by atoms with Crippen LogP contribution in [0, 0.1) is 5.92 Å². The zero-order valence-corrected chi connectivity index (χ0v) is 20.4. The Labute approximate surface area is 197 Å². The van der Waals surface area contributed by atoms with Crippen LogP contribution in [0.5, 0.6) is 0 Å². The Morgan fingerprint density at radius 2 is 1.73 bits per heavy atom. The van der Waals surface area contributed by atoms with Crippen LogP contribution in [0.3, 0.4) is 0 Å². The number of rotatable bonds is 8. The molecule has 6 heteroatoms. The zero-order chi connectivity index (χ0) is 23.0. The number of aryl methyl sites for hydroxylation is 2. The van der Waals surface area contributed by atoms with Crippen LogP contribution in [0.2, 0.25) is 0 Å². The third kappa shape index (κ3) is 5.18. The summed E-state index contributed by atoms with van der Waals surface area (Å²) in [6.45, 7) is 2.01. The number of fused-ring (bicyclic) bond motifs is 2. The molecule has 0 saturated heterocycles. The first kappa shape index (κ1) is 22.6. The predicted octanol–water partition coefficient (Wildman–Crippen LogP) is 3.85. The second-order valence-electron chi connectivity index (χ2n) is 10.1. The number of carbonyl (C=O) groups excluding carboxylic acids is 1. The lowest BCUT2D eigenvalue weighted by Crippen LogP contribution is -2.21. The minimum absolute atomic E-state index is 0.0413. The molecule has 0 radical (unpaired) electrons. The fraction of sp³-hybridized carbons (Fsp3) is 0.481. The van der Waals surface area contributed by atoms with Crippen LogP contribution in [0.25, 0.3) is 0 Å². The van der Waals surface area contributed by atoms with Gasteiger partial charge in [0, 0.05) is 23.7 Å². The fourth-order valence-electron chi connectivity index (χ4n) is 5.38. The highest BCUT2D eigenvalue weighted by Gasteiger charge is 2.25. The molecule has 0 aromatic heterocycles. The van der Waals surface area contributed by atoms with Gasteiger partial charge in [-0.1, -0.05) is 18.2 Å². The van der Waals surface area contributed by atoms with E-state index in [1.807, 2.05) is 24.3 Å². The first-order chi connectivity index (χ1) is 15.9. The third-order valence-electron chi connectivity index (χ3n) is 7.26. The SMILES string of the molecule is CN(Cc1ccc(S(N)(=O)=CCC(=O)Nc2c3c(cc4c2CCC4)CCC3)cc1)CC1CC1. The Balaban J connectivity index is 1.25. The summed E-state index contributed by atoms with van der Waals surface area (Å²) < 4.78 is 13.1. The molecule has 0 aliphatic heterocycles. The highest BCUT2D eigenvalue weighted by atomic mass is 32.2. The lowest BCUT2D eigenvalue weighted by atomic mass is 9.98. The standard InChI is InChI=1S/C27H35N3O2S/c1-30(17-19-8-9-19)18-20-10-12-23(13-11-20)33(28,32)15-14-26(31)29-27-24-6-2-4-21(24)16-22-5-3-7-25(22)27/h10-13,15-16,19H,2-9,14,17-18H2,1H3,(H2,28,32)(H,29,31). The maximum atomic E-state index is 13.1. The van der Waals surface area contributed by atoms with E-state index in [4.69, 9.17) is 5.14 Å². The van der Waals surface area contributed by atoms with E-state index in [-0.39, 0.29) is 12.3 Å². The average Bonchev–Trinajstić information content (AvgIpc) is 3.26. The molecule has 5 nitrogen and oxygen atoms in total. The minimum atomic E-state index is -2.87. The van der Waals surface area contributed by atoms with E-state index in [2.05, 4.69) is 23.3 Å². The molecule has 3 aliphatic rings. The first-order valence-electron chi connectivity index (χ1n) is 12.3. The van der Waals surface area contributed by atoms with Gasteiger partial charge in [-0.3, -0.25) is 9.93 Å². The number of nitrogens with zero attached hydrogens (tertiary/aromatic N) is 1. The van der Waals surface area contributed by atoms with Crippen molar-refractivity contribution < 1.29 is 9.00 Å². The van der Waals surface area contributed by atoms with Crippen molar-refractivity contribution in [3.63, 3.8) is 0 Å². The van der Waals surface area contributed by atoms with Gasteiger partial charge >= 0.3 is 0 Å². The fourth-order valence-corrected chi connectivity index (χ4v) is 6.53. The Kier molecular flexibility index (Phi) is 6.34. The van der Waals surface area contributed by atoms with Crippen molar-refractivity contribution in [3.8, 4) is 0 Å². The van der Waals surface area contributed by atoms with Crippen molar-refractivity contribution in [2.45, 2.75) is 69.2 Å². The van der Waals surface area contributed by atoms with Gasteiger partial charge in [0.2, 0.25) is 5.91 Å². The van der Waals surface area contributed by atoms with Crippen molar-refractivity contribution in [1.82, 2.24) is 4.90 Å². The van der Waals surface area contributed by atoms with Gasteiger partial charge < -0.3 is 10.2 Å². The van der Waals surface area contributed by atoms with Crippen LogP contribution in [-0.4, -0.2) is 34.0 Å². The van der Waals surface area contributed by atoms with Crippen LogP contribution >= 0.6 is 0 Å². The van der Waals surface area contributed by atoms with Gasteiger partial charge in [-0.05, 0) is 110 Å². The molecule has 176 valence electrons. The second-order valence-corrected chi connectivity index (χ2v) is 12.2. The Bertz CT molecular complexity index is 1140. The van der Waals surface area contributed by atoms with Gasteiger partial charge in [-0.2, -0.15) is 0 Å². The molecule has 2 aromatic rings. The first-order valence-corrected chi connectivity index (χ1v) is 14.0. The highest BCUT2D eigenvalue weighted by molar-refractivity contribution is 7.99. The molecule has 1 fully saturated rings.